The molecular formula is C17H19F3O. The second kappa shape index (κ2) is 6.37. The summed E-state index contributed by atoms with van der Waals surface area (Å²) < 4.78 is 43.3. The van der Waals surface area contributed by atoms with E-state index in [1.807, 2.05) is 13.0 Å². The molecule has 0 saturated carbocycles. The van der Waals surface area contributed by atoms with Gasteiger partial charge in [0, 0.05) is 5.56 Å². The zero-order valence-electron chi connectivity index (χ0n) is 12.3. The lowest BCUT2D eigenvalue weighted by molar-refractivity contribution is -0.137. The Morgan fingerprint density at radius 1 is 1.05 bits per heavy atom. The average molecular weight is 296 g/mol. The Bertz CT molecular complexity index is 579. The molecule has 2 aromatic rings. The van der Waals surface area contributed by atoms with Crippen molar-refractivity contribution in [3.05, 3.63) is 47.2 Å². The molecule has 4 heteroatoms. The third-order valence-corrected chi connectivity index (χ3v) is 3.57. The van der Waals surface area contributed by atoms with Crippen LogP contribution in [0.15, 0.2) is 34.7 Å². The zero-order valence-corrected chi connectivity index (χ0v) is 12.3. The quantitative estimate of drug-likeness (QED) is 0.616. The Morgan fingerprint density at radius 2 is 1.71 bits per heavy atom. The van der Waals surface area contributed by atoms with Gasteiger partial charge >= 0.3 is 6.18 Å². The molecule has 1 aromatic heterocycles. The highest BCUT2D eigenvalue weighted by Crippen LogP contribution is 2.32. The number of hydrogen-bond acceptors (Lipinski definition) is 1. The summed E-state index contributed by atoms with van der Waals surface area (Å²) in [5.74, 6) is 1.48. The lowest BCUT2D eigenvalue weighted by Crippen LogP contribution is -2.03. The molecule has 0 spiro atoms. The van der Waals surface area contributed by atoms with Crippen molar-refractivity contribution in [3.63, 3.8) is 0 Å². The topological polar surface area (TPSA) is 13.1 Å². The smallest absolute Gasteiger partial charge is 0.416 e. The number of rotatable bonds is 5. The number of furan rings is 1. The Kier molecular flexibility index (Phi) is 4.76. The Morgan fingerprint density at radius 3 is 2.29 bits per heavy atom. The van der Waals surface area contributed by atoms with Crippen LogP contribution in [0.3, 0.4) is 0 Å². The van der Waals surface area contributed by atoms with Crippen LogP contribution in [0.1, 0.15) is 43.1 Å². The molecule has 0 aliphatic carbocycles. The van der Waals surface area contributed by atoms with Crippen LogP contribution in [0.5, 0.6) is 0 Å². The van der Waals surface area contributed by atoms with E-state index in [1.165, 1.54) is 18.6 Å². The van der Waals surface area contributed by atoms with Gasteiger partial charge in [0.2, 0.25) is 0 Å². The van der Waals surface area contributed by atoms with Gasteiger partial charge in [-0.2, -0.15) is 13.2 Å². The average Bonchev–Trinajstić information content (AvgIpc) is 2.80. The largest absolute Gasteiger partial charge is 0.461 e. The molecule has 0 saturated heterocycles. The number of aryl methyl sites for hydroxylation is 2. The Hall–Kier alpha value is -1.71. The van der Waals surface area contributed by atoms with Gasteiger partial charge in [0.1, 0.15) is 11.5 Å². The van der Waals surface area contributed by atoms with Gasteiger partial charge in [0.25, 0.3) is 0 Å². The molecule has 0 atom stereocenters. The Labute approximate surface area is 122 Å². The highest BCUT2D eigenvalue weighted by Gasteiger charge is 2.30. The highest BCUT2D eigenvalue weighted by molar-refractivity contribution is 5.59. The van der Waals surface area contributed by atoms with Crippen LogP contribution in [0.25, 0.3) is 11.3 Å². The minimum atomic E-state index is -4.30. The number of alkyl halides is 3. The first kappa shape index (κ1) is 15.7. The summed E-state index contributed by atoms with van der Waals surface area (Å²) in [6.45, 7) is 4.05. The molecule has 0 aliphatic rings. The fraction of sp³-hybridized carbons (Fsp3) is 0.412. The number of benzene rings is 1. The molecule has 1 nitrogen and oxygen atoms in total. The van der Waals surface area contributed by atoms with E-state index in [2.05, 4.69) is 6.92 Å². The van der Waals surface area contributed by atoms with Crippen molar-refractivity contribution in [3.8, 4) is 11.3 Å². The van der Waals surface area contributed by atoms with E-state index in [0.717, 1.165) is 42.7 Å². The van der Waals surface area contributed by atoms with Crippen molar-refractivity contribution in [1.82, 2.24) is 0 Å². The normalized spacial score (nSPS) is 11.9. The molecule has 0 bridgehead atoms. The summed E-state index contributed by atoms with van der Waals surface area (Å²) in [6.07, 6.45) is 0.0684. The van der Waals surface area contributed by atoms with Crippen molar-refractivity contribution in [2.75, 3.05) is 0 Å². The predicted molar refractivity (Wildman–Crippen MR) is 77.1 cm³/mol. The van der Waals surface area contributed by atoms with E-state index in [1.54, 1.807) is 0 Å². The highest BCUT2D eigenvalue weighted by atomic mass is 19.4. The summed E-state index contributed by atoms with van der Waals surface area (Å²) in [4.78, 5) is 0. The van der Waals surface area contributed by atoms with Crippen LogP contribution in [0, 0.1) is 6.92 Å². The first-order valence-electron chi connectivity index (χ1n) is 7.18. The van der Waals surface area contributed by atoms with Crippen LogP contribution in [-0.4, -0.2) is 0 Å². The molecule has 1 heterocycles. The van der Waals surface area contributed by atoms with Crippen molar-refractivity contribution in [1.29, 1.82) is 0 Å². The summed E-state index contributed by atoms with van der Waals surface area (Å²) in [5.41, 5.74) is 1.17. The first-order valence-corrected chi connectivity index (χ1v) is 7.18. The van der Waals surface area contributed by atoms with Gasteiger partial charge in [-0.15, -0.1) is 0 Å². The van der Waals surface area contributed by atoms with Gasteiger partial charge in [-0.05, 0) is 43.5 Å². The van der Waals surface area contributed by atoms with Gasteiger partial charge in [0.15, 0.2) is 0 Å². The molecular weight excluding hydrogens is 277 g/mol. The van der Waals surface area contributed by atoms with Crippen LogP contribution in [0.2, 0.25) is 0 Å². The van der Waals surface area contributed by atoms with Gasteiger partial charge in [0.05, 0.1) is 5.56 Å². The molecule has 0 fully saturated rings. The van der Waals surface area contributed by atoms with E-state index in [-0.39, 0.29) is 0 Å². The van der Waals surface area contributed by atoms with E-state index >= 15 is 0 Å². The summed E-state index contributed by atoms with van der Waals surface area (Å²) in [5, 5.41) is 0. The fourth-order valence-corrected chi connectivity index (χ4v) is 2.30. The molecule has 0 aliphatic heterocycles. The van der Waals surface area contributed by atoms with E-state index in [4.69, 9.17) is 4.42 Å². The predicted octanol–water partition coefficient (Wildman–Crippen LogP) is 6.01. The molecule has 0 N–H and O–H groups in total. The van der Waals surface area contributed by atoms with E-state index in [9.17, 15) is 13.2 Å². The van der Waals surface area contributed by atoms with Crippen molar-refractivity contribution >= 4 is 0 Å². The minimum Gasteiger partial charge on any atom is -0.461 e. The van der Waals surface area contributed by atoms with Crippen LogP contribution in [-0.2, 0) is 12.6 Å². The molecule has 0 radical (unpaired) electrons. The lowest BCUT2D eigenvalue weighted by atomic mass is 10.1. The van der Waals surface area contributed by atoms with E-state index in [0.29, 0.717) is 11.3 Å². The molecule has 2 rings (SSSR count). The summed E-state index contributed by atoms with van der Waals surface area (Å²) in [7, 11) is 0. The van der Waals surface area contributed by atoms with Gasteiger partial charge in [-0.25, -0.2) is 0 Å². The lowest BCUT2D eigenvalue weighted by Gasteiger charge is -2.06. The van der Waals surface area contributed by atoms with Gasteiger partial charge < -0.3 is 4.42 Å². The standard InChI is InChI=1S/C17H19F3O/c1-3-4-5-6-14-11-16(21-12(14)2)13-7-9-15(10-8-13)17(18,19)20/h7-11H,3-6H2,1-2H3. The number of hydrogen-bond donors (Lipinski definition) is 0. The van der Waals surface area contributed by atoms with Crippen molar-refractivity contribution in [2.24, 2.45) is 0 Å². The third-order valence-electron chi connectivity index (χ3n) is 3.57. The first-order chi connectivity index (χ1) is 9.91. The second-order valence-corrected chi connectivity index (χ2v) is 5.22. The van der Waals surface area contributed by atoms with Crippen LogP contribution >= 0.6 is 0 Å². The number of halogens is 3. The second-order valence-electron chi connectivity index (χ2n) is 5.22. The molecule has 114 valence electrons. The van der Waals surface area contributed by atoms with E-state index < -0.39 is 11.7 Å². The van der Waals surface area contributed by atoms with Crippen molar-refractivity contribution in [2.45, 2.75) is 45.7 Å². The SMILES string of the molecule is CCCCCc1cc(-c2ccc(C(F)(F)F)cc2)oc1C. The maximum absolute atomic E-state index is 12.5. The number of unbranched alkanes of at least 4 members (excludes halogenated alkanes) is 2. The molecule has 1 aromatic carbocycles. The van der Waals surface area contributed by atoms with Crippen LogP contribution in [0.4, 0.5) is 13.2 Å². The third kappa shape index (κ3) is 3.90. The van der Waals surface area contributed by atoms with Crippen molar-refractivity contribution < 1.29 is 17.6 Å². The summed E-state index contributed by atoms with van der Waals surface area (Å²) >= 11 is 0. The fourth-order valence-electron chi connectivity index (χ4n) is 2.30. The minimum absolute atomic E-state index is 0.632. The zero-order chi connectivity index (χ0) is 15.5. The maximum Gasteiger partial charge on any atom is 0.416 e. The Balaban J connectivity index is 2.17. The maximum atomic E-state index is 12.5. The van der Waals surface area contributed by atoms with Gasteiger partial charge in [-0.3, -0.25) is 0 Å². The van der Waals surface area contributed by atoms with Gasteiger partial charge in [-0.1, -0.05) is 31.9 Å². The molecule has 0 amide bonds. The van der Waals surface area contributed by atoms with Crippen LogP contribution < -0.4 is 0 Å². The molecule has 21 heavy (non-hydrogen) atoms. The molecule has 0 unspecified atom stereocenters. The summed E-state index contributed by atoms with van der Waals surface area (Å²) in [6, 6.07) is 7.02. The monoisotopic (exact) mass is 296 g/mol.